The molecular weight excluding hydrogens is 256 g/mol. The SMILES string of the molecule is c1ccc(C(=NC2CCCCCCC2)N2CCCC2)cc1. The molecule has 1 aromatic carbocycles. The Balaban J connectivity index is 1.81. The van der Waals surface area contributed by atoms with Crippen molar-refractivity contribution in [3.05, 3.63) is 35.9 Å². The molecule has 0 aromatic heterocycles. The highest BCUT2D eigenvalue weighted by molar-refractivity contribution is 5.99. The van der Waals surface area contributed by atoms with E-state index in [4.69, 9.17) is 4.99 Å². The van der Waals surface area contributed by atoms with E-state index in [9.17, 15) is 0 Å². The molecule has 0 atom stereocenters. The van der Waals surface area contributed by atoms with Gasteiger partial charge in [0.25, 0.3) is 0 Å². The Labute approximate surface area is 129 Å². The van der Waals surface area contributed by atoms with Crippen molar-refractivity contribution >= 4 is 5.84 Å². The Morgan fingerprint density at radius 1 is 0.810 bits per heavy atom. The Hall–Kier alpha value is -1.31. The molecule has 0 bridgehead atoms. The minimum absolute atomic E-state index is 0.543. The van der Waals surface area contributed by atoms with E-state index in [1.807, 2.05) is 0 Å². The zero-order chi connectivity index (χ0) is 14.3. The van der Waals surface area contributed by atoms with Crippen molar-refractivity contribution < 1.29 is 0 Å². The van der Waals surface area contributed by atoms with Gasteiger partial charge in [-0.15, -0.1) is 0 Å². The molecule has 1 aliphatic heterocycles. The molecule has 0 radical (unpaired) electrons. The number of aliphatic imine (C=N–C) groups is 1. The zero-order valence-electron chi connectivity index (χ0n) is 13.1. The van der Waals surface area contributed by atoms with Crippen LogP contribution >= 0.6 is 0 Å². The van der Waals surface area contributed by atoms with Gasteiger partial charge in [-0.2, -0.15) is 0 Å². The summed E-state index contributed by atoms with van der Waals surface area (Å²) >= 11 is 0. The van der Waals surface area contributed by atoms with Crippen LogP contribution in [0, 0.1) is 0 Å². The normalized spacial score (nSPS) is 22.1. The van der Waals surface area contributed by atoms with Crippen molar-refractivity contribution in [2.75, 3.05) is 13.1 Å². The summed E-state index contributed by atoms with van der Waals surface area (Å²) < 4.78 is 0. The van der Waals surface area contributed by atoms with Gasteiger partial charge in [-0.25, -0.2) is 0 Å². The summed E-state index contributed by atoms with van der Waals surface area (Å²) in [4.78, 5) is 7.74. The van der Waals surface area contributed by atoms with Crippen molar-refractivity contribution in [3.63, 3.8) is 0 Å². The lowest BCUT2D eigenvalue weighted by atomic mass is 9.97. The molecule has 0 N–H and O–H groups in total. The van der Waals surface area contributed by atoms with Crippen molar-refractivity contribution in [1.82, 2.24) is 4.90 Å². The fraction of sp³-hybridized carbons (Fsp3) is 0.632. The molecule has 2 heteroatoms. The molecule has 2 aliphatic rings. The van der Waals surface area contributed by atoms with E-state index in [0.29, 0.717) is 6.04 Å². The van der Waals surface area contributed by atoms with Crippen LogP contribution in [0.2, 0.25) is 0 Å². The second-order valence-electron chi connectivity index (χ2n) is 6.51. The number of likely N-dealkylation sites (tertiary alicyclic amines) is 1. The van der Waals surface area contributed by atoms with Crippen LogP contribution in [0.1, 0.15) is 63.4 Å². The molecule has 0 unspecified atom stereocenters. The van der Waals surface area contributed by atoms with Crippen LogP contribution in [0.3, 0.4) is 0 Å². The maximum atomic E-state index is 5.23. The van der Waals surface area contributed by atoms with Gasteiger partial charge in [-0.3, -0.25) is 4.99 Å². The van der Waals surface area contributed by atoms with Crippen LogP contribution in [0.5, 0.6) is 0 Å². The predicted molar refractivity (Wildman–Crippen MR) is 89.9 cm³/mol. The maximum absolute atomic E-state index is 5.23. The fourth-order valence-electron chi connectivity index (χ4n) is 3.59. The molecule has 0 spiro atoms. The molecule has 2 fully saturated rings. The minimum atomic E-state index is 0.543. The molecule has 0 amide bonds. The quantitative estimate of drug-likeness (QED) is 0.570. The summed E-state index contributed by atoms with van der Waals surface area (Å²) in [6.45, 7) is 2.36. The van der Waals surface area contributed by atoms with Gasteiger partial charge in [-0.1, -0.05) is 62.4 Å². The van der Waals surface area contributed by atoms with Gasteiger partial charge in [0.15, 0.2) is 0 Å². The molecule has 114 valence electrons. The van der Waals surface area contributed by atoms with Gasteiger partial charge < -0.3 is 4.90 Å². The Kier molecular flexibility index (Phi) is 5.31. The van der Waals surface area contributed by atoms with Gasteiger partial charge in [0.1, 0.15) is 5.84 Å². The maximum Gasteiger partial charge on any atom is 0.131 e. The second-order valence-corrected chi connectivity index (χ2v) is 6.51. The predicted octanol–water partition coefficient (Wildman–Crippen LogP) is 4.64. The van der Waals surface area contributed by atoms with Gasteiger partial charge >= 0.3 is 0 Å². The van der Waals surface area contributed by atoms with Crippen molar-refractivity contribution in [1.29, 1.82) is 0 Å². The molecule has 2 nitrogen and oxygen atoms in total. The van der Waals surface area contributed by atoms with Crippen LogP contribution < -0.4 is 0 Å². The monoisotopic (exact) mass is 284 g/mol. The Bertz CT molecular complexity index is 438. The number of hydrogen-bond donors (Lipinski definition) is 0. The van der Waals surface area contributed by atoms with Crippen LogP contribution in [-0.2, 0) is 0 Å². The highest BCUT2D eigenvalue weighted by Crippen LogP contribution is 2.22. The lowest BCUT2D eigenvalue weighted by Crippen LogP contribution is -2.30. The van der Waals surface area contributed by atoms with Crippen LogP contribution in [-0.4, -0.2) is 29.9 Å². The number of amidine groups is 1. The van der Waals surface area contributed by atoms with Crippen LogP contribution in [0.25, 0.3) is 0 Å². The van der Waals surface area contributed by atoms with E-state index in [1.54, 1.807) is 0 Å². The van der Waals surface area contributed by atoms with Crippen LogP contribution in [0.4, 0.5) is 0 Å². The summed E-state index contributed by atoms with van der Waals surface area (Å²) in [6.07, 6.45) is 12.1. The molecule has 3 rings (SSSR count). The lowest BCUT2D eigenvalue weighted by molar-refractivity contribution is 0.444. The molecule has 1 saturated heterocycles. The van der Waals surface area contributed by atoms with Gasteiger partial charge in [-0.05, 0) is 25.7 Å². The zero-order valence-corrected chi connectivity index (χ0v) is 13.1. The summed E-state index contributed by atoms with van der Waals surface area (Å²) in [5.41, 5.74) is 1.31. The second kappa shape index (κ2) is 7.63. The summed E-state index contributed by atoms with van der Waals surface area (Å²) in [6, 6.07) is 11.4. The first-order valence-electron chi connectivity index (χ1n) is 8.82. The topological polar surface area (TPSA) is 15.6 Å². The first kappa shape index (κ1) is 14.6. The third kappa shape index (κ3) is 4.09. The average Bonchev–Trinajstić information content (AvgIpc) is 3.01. The standard InChI is InChI=1S/C19H28N2/c1-2-7-13-18(14-8-3-1)20-19(21-15-9-10-16-21)17-11-5-4-6-12-17/h4-6,11-12,18H,1-3,7-10,13-16H2. The number of rotatable bonds is 2. The van der Waals surface area contributed by atoms with Crippen molar-refractivity contribution in [2.24, 2.45) is 4.99 Å². The van der Waals surface area contributed by atoms with Gasteiger partial charge in [0.05, 0.1) is 6.04 Å². The van der Waals surface area contributed by atoms with E-state index in [2.05, 4.69) is 35.2 Å². The molecule has 1 saturated carbocycles. The molecule has 1 aromatic rings. The summed E-state index contributed by atoms with van der Waals surface area (Å²) in [5, 5.41) is 0. The van der Waals surface area contributed by atoms with E-state index in [0.717, 1.165) is 0 Å². The number of benzene rings is 1. The highest BCUT2D eigenvalue weighted by Gasteiger charge is 2.20. The van der Waals surface area contributed by atoms with E-state index < -0.39 is 0 Å². The minimum Gasteiger partial charge on any atom is -0.356 e. The Morgan fingerprint density at radius 3 is 2.10 bits per heavy atom. The average molecular weight is 284 g/mol. The van der Waals surface area contributed by atoms with Crippen molar-refractivity contribution in [3.8, 4) is 0 Å². The largest absolute Gasteiger partial charge is 0.356 e. The Morgan fingerprint density at radius 2 is 1.43 bits per heavy atom. The lowest BCUT2D eigenvalue weighted by Gasteiger charge is -2.24. The first-order valence-corrected chi connectivity index (χ1v) is 8.82. The first-order chi connectivity index (χ1) is 10.4. The summed E-state index contributed by atoms with van der Waals surface area (Å²) in [5.74, 6) is 1.26. The number of hydrogen-bond acceptors (Lipinski definition) is 1. The van der Waals surface area contributed by atoms with E-state index >= 15 is 0 Å². The van der Waals surface area contributed by atoms with Crippen LogP contribution in [0.15, 0.2) is 35.3 Å². The van der Waals surface area contributed by atoms with Gasteiger partial charge in [0, 0.05) is 18.7 Å². The van der Waals surface area contributed by atoms with E-state index in [1.165, 1.54) is 82.3 Å². The number of nitrogens with zero attached hydrogens (tertiary/aromatic N) is 2. The fourth-order valence-corrected chi connectivity index (χ4v) is 3.59. The molecule has 1 heterocycles. The smallest absolute Gasteiger partial charge is 0.131 e. The molecule has 1 aliphatic carbocycles. The molecular formula is C19H28N2. The highest BCUT2D eigenvalue weighted by atomic mass is 15.2. The van der Waals surface area contributed by atoms with E-state index in [-0.39, 0.29) is 0 Å². The molecule has 21 heavy (non-hydrogen) atoms. The summed E-state index contributed by atoms with van der Waals surface area (Å²) in [7, 11) is 0. The third-order valence-electron chi connectivity index (χ3n) is 4.82. The van der Waals surface area contributed by atoms with Crippen molar-refractivity contribution in [2.45, 2.75) is 63.8 Å². The third-order valence-corrected chi connectivity index (χ3v) is 4.82. The van der Waals surface area contributed by atoms with Gasteiger partial charge in [0.2, 0.25) is 0 Å².